The molecular weight excluding hydrogens is 263 g/mol. The summed E-state index contributed by atoms with van der Waals surface area (Å²) in [4.78, 5) is 0. The van der Waals surface area contributed by atoms with E-state index >= 15 is 0 Å². The number of halogens is 2. The lowest BCUT2D eigenvalue weighted by atomic mass is 10.3. The van der Waals surface area contributed by atoms with Gasteiger partial charge in [0.25, 0.3) is 0 Å². The Balaban J connectivity index is 2.63. The molecule has 78 valence electrons. The minimum absolute atomic E-state index is 0.258. The van der Waals surface area contributed by atoms with E-state index in [1.807, 2.05) is 0 Å². The SMILES string of the molecule is NCc1cnnn1-c1c(F)cccc1Br. The molecule has 0 fully saturated rings. The molecular formula is C9H8BrFN4. The number of hydrogen-bond donors (Lipinski definition) is 1. The zero-order valence-electron chi connectivity index (χ0n) is 7.69. The van der Waals surface area contributed by atoms with Crippen LogP contribution in [0.15, 0.2) is 28.9 Å². The Labute approximate surface area is 94.0 Å². The fraction of sp³-hybridized carbons (Fsp3) is 0.111. The maximum absolute atomic E-state index is 13.6. The highest BCUT2D eigenvalue weighted by Crippen LogP contribution is 2.23. The predicted molar refractivity (Wildman–Crippen MR) is 56.9 cm³/mol. The summed E-state index contributed by atoms with van der Waals surface area (Å²) < 4.78 is 15.6. The van der Waals surface area contributed by atoms with Crippen LogP contribution in [0.25, 0.3) is 5.69 Å². The molecule has 2 N–H and O–H groups in total. The third kappa shape index (κ3) is 1.78. The van der Waals surface area contributed by atoms with Crippen LogP contribution in [0, 0.1) is 5.82 Å². The molecule has 0 unspecified atom stereocenters. The van der Waals surface area contributed by atoms with Crippen molar-refractivity contribution < 1.29 is 4.39 Å². The third-order valence-corrected chi connectivity index (χ3v) is 2.62. The lowest BCUT2D eigenvalue weighted by molar-refractivity contribution is 0.601. The van der Waals surface area contributed by atoms with Gasteiger partial charge in [0, 0.05) is 11.0 Å². The lowest BCUT2D eigenvalue weighted by Crippen LogP contribution is -2.09. The molecule has 0 aliphatic rings. The van der Waals surface area contributed by atoms with Crippen molar-refractivity contribution in [3.05, 3.63) is 40.4 Å². The van der Waals surface area contributed by atoms with Crippen LogP contribution < -0.4 is 5.73 Å². The Bertz CT molecular complexity index is 462. The Kier molecular flexibility index (Phi) is 2.79. The first-order chi connectivity index (χ1) is 7.24. The van der Waals surface area contributed by atoms with E-state index in [4.69, 9.17) is 5.73 Å². The molecule has 2 aromatic rings. The van der Waals surface area contributed by atoms with Crippen LogP contribution in [0.2, 0.25) is 0 Å². The largest absolute Gasteiger partial charge is 0.325 e. The summed E-state index contributed by atoms with van der Waals surface area (Å²) in [5.41, 5.74) is 6.48. The zero-order valence-corrected chi connectivity index (χ0v) is 9.28. The molecule has 0 saturated heterocycles. The number of para-hydroxylation sites is 1. The van der Waals surface area contributed by atoms with Gasteiger partial charge < -0.3 is 5.73 Å². The molecule has 0 bridgehead atoms. The molecule has 0 amide bonds. The topological polar surface area (TPSA) is 56.7 Å². The molecule has 0 saturated carbocycles. The average Bonchev–Trinajstić information content (AvgIpc) is 2.65. The minimum atomic E-state index is -0.371. The van der Waals surface area contributed by atoms with Gasteiger partial charge >= 0.3 is 0 Å². The predicted octanol–water partition coefficient (Wildman–Crippen LogP) is 1.63. The Morgan fingerprint density at radius 3 is 2.93 bits per heavy atom. The van der Waals surface area contributed by atoms with Gasteiger partial charge in [-0.1, -0.05) is 11.3 Å². The Morgan fingerprint density at radius 2 is 2.27 bits per heavy atom. The van der Waals surface area contributed by atoms with Crippen LogP contribution in [0.3, 0.4) is 0 Å². The van der Waals surface area contributed by atoms with Crippen LogP contribution >= 0.6 is 15.9 Å². The first-order valence-corrected chi connectivity index (χ1v) is 5.07. The molecule has 0 radical (unpaired) electrons. The first-order valence-electron chi connectivity index (χ1n) is 4.28. The standard InChI is InChI=1S/C9H8BrFN4/c10-7-2-1-3-8(11)9(7)15-6(4-12)5-13-14-15/h1-3,5H,4,12H2. The van der Waals surface area contributed by atoms with Crippen molar-refractivity contribution in [2.75, 3.05) is 0 Å². The van der Waals surface area contributed by atoms with Crippen molar-refractivity contribution in [2.45, 2.75) is 6.54 Å². The molecule has 0 aliphatic carbocycles. The lowest BCUT2D eigenvalue weighted by Gasteiger charge is -2.07. The Hall–Kier alpha value is -1.27. The van der Waals surface area contributed by atoms with Crippen molar-refractivity contribution in [1.29, 1.82) is 0 Å². The summed E-state index contributed by atoms with van der Waals surface area (Å²) in [6.45, 7) is 0.258. The van der Waals surface area contributed by atoms with Gasteiger partial charge in [0.1, 0.15) is 11.5 Å². The zero-order chi connectivity index (χ0) is 10.8. The van der Waals surface area contributed by atoms with Gasteiger partial charge in [-0.05, 0) is 28.1 Å². The summed E-state index contributed by atoms with van der Waals surface area (Å²) in [7, 11) is 0. The first kappa shape index (κ1) is 10.3. The van der Waals surface area contributed by atoms with E-state index < -0.39 is 0 Å². The molecule has 0 spiro atoms. The molecule has 1 aromatic carbocycles. The second-order valence-electron chi connectivity index (χ2n) is 2.91. The van der Waals surface area contributed by atoms with E-state index in [0.717, 1.165) is 0 Å². The second-order valence-corrected chi connectivity index (χ2v) is 3.77. The van der Waals surface area contributed by atoms with Crippen LogP contribution in [-0.2, 0) is 6.54 Å². The normalized spacial score (nSPS) is 10.6. The molecule has 6 heteroatoms. The highest BCUT2D eigenvalue weighted by molar-refractivity contribution is 9.10. The van der Waals surface area contributed by atoms with Gasteiger partial charge in [-0.25, -0.2) is 9.07 Å². The van der Waals surface area contributed by atoms with E-state index in [-0.39, 0.29) is 12.4 Å². The number of nitrogens with two attached hydrogens (primary N) is 1. The third-order valence-electron chi connectivity index (χ3n) is 1.98. The molecule has 0 atom stereocenters. The second kappa shape index (κ2) is 4.08. The van der Waals surface area contributed by atoms with Gasteiger partial charge in [0.2, 0.25) is 0 Å². The van der Waals surface area contributed by atoms with E-state index in [9.17, 15) is 4.39 Å². The van der Waals surface area contributed by atoms with Crippen molar-refractivity contribution in [1.82, 2.24) is 15.0 Å². The van der Waals surface area contributed by atoms with Crippen LogP contribution in [0.1, 0.15) is 5.69 Å². The summed E-state index contributed by atoms with van der Waals surface area (Å²) in [6, 6.07) is 4.71. The maximum atomic E-state index is 13.6. The molecule has 0 aliphatic heterocycles. The monoisotopic (exact) mass is 270 g/mol. The van der Waals surface area contributed by atoms with Crippen molar-refractivity contribution >= 4 is 15.9 Å². The van der Waals surface area contributed by atoms with Crippen LogP contribution in [-0.4, -0.2) is 15.0 Å². The van der Waals surface area contributed by atoms with Crippen molar-refractivity contribution in [3.8, 4) is 5.69 Å². The number of benzene rings is 1. The fourth-order valence-electron chi connectivity index (χ4n) is 1.28. The van der Waals surface area contributed by atoms with Crippen LogP contribution in [0.4, 0.5) is 4.39 Å². The van der Waals surface area contributed by atoms with Gasteiger partial charge in [-0.15, -0.1) is 5.10 Å². The summed E-state index contributed by atoms with van der Waals surface area (Å²) >= 11 is 3.26. The summed E-state index contributed by atoms with van der Waals surface area (Å²) in [5.74, 6) is -0.371. The molecule has 2 rings (SSSR count). The quantitative estimate of drug-likeness (QED) is 0.903. The minimum Gasteiger partial charge on any atom is -0.325 e. The fourth-order valence-corrected chi connectivity index (χ4v) is 1.79. The number of rotatable bonds is 2. The number of hydrogen-bond acceptors (Lipinski definition) is 3. The molecule has 4 nitrogen and oxygen atoms in total. The smallest absolute Gasteiger partial charge is 0.150 e. The highest BCUT2D eigenvalue weighted by Gasteiger charge is 2.12. The van der Waals surface area contributed by atoms with E-state index in [0.29, 0.717) is 15.9 Å². The molecule has 1 aromatic heterocycles. The maximum Gasteiger partial charge on any atom is 0.150 e. The van der Waals surface area contributed by atoms with E-state index in [2.05, 4.69) is 26.2 Å². The van der Waals surface area contributed by atoms with Gasteiger partial charge in [-0.3, -0.25) is 0 Å². The Morgan fingerprint density at radius 1 is 1.47 bits per heavy atom. The highest BCUT2D eigenvalue weighted by atomic mass is 79.9. The van der Waals surface area contributed by atoms with Gasteiger partial charge in [0.05, 0.1) is 11.9 Å². The summed E-state index contributed by atoms with van der Waals surface area (Å²) in [6.07, 6.45) is 1.51. The number of nitrogens with zero attached hydrogens (tertiary/aromatic N) is 3. The van der Waals surface area contributed by atoms with E-state index in [1.165, 1.54) is 16.9 Å². The van der Waals surface area contributed by atoms with Crippen LogP contribution in [0.5, 0.6) is 0 Å². The van der Waals surface area contributed by atoms with E-state index in [1.54, 1.807) is 12.1 Å². The average molecular weight is 271 g/mol. The van der Waals surface area contributed by atoms with Gasteiger partial charge in [-0.2, -0.15) is 0 Å². The van der Waals surface area contributed by atoms with Crippen molar-refractivity contribution in [3.63, 3.8) is 0 Å². The molecule has 15 heavy (non-hydrogen) atoms. The summed E-state index contributed by atoms with van der Waals surface area (Å²) in [5, 5.41) is 7.49. The number of aromatic nitrogens is 3. The van der Waals surface area contributed by atoms with Gasteiger partial charge in [0.15, 0.2) is 0 Å². The molecule has 1 heterocycles. The van der Waals surface area contributed by atoms with Crippen molar-refractivity contribution in [2.24, 2.45) is 5.73 Å².